The summed E-state index contributed by atoms with van der Waals surface area (Å²) in [4.78, 5) is 5.14. The van der Waals surface area contributed by atoms with Gasteiger partial charge in [0.05, 0.1) is 6.10 Å². The van der Waals surface area contributed by atoms with Crippen molar-refractivity contribution in [3.63, 3.8) is 0 Å². The van der Waals surface area contributed by atoms with Crippen LogP contribution in [0.5, 0.6) is 0 Å². The van der Waals surface area contributed by atoms with E-state index in [-0.39, 0.29) is 6.10 Å². The van der Waals surface area contributed by atoms with Crippen LogP contribution < -0.4 is 0 Å². The van der Waals surface area contributed by atoms with E-state index < -0.39 is 0 Å². The summed E-state index contributed by atoms with van der Waals surface area (Å²) in [6.45, 7) is 7.72. The maximum Gasteiger partial charge on any atom is 0.0916 e. The van der Waals surface area contributed by atoms with Gasteiger partial charge in [0.15, 0.2) is 0 Å². The number of benzene rings is 1. The number of aliphatic hydroxyl groups excluding tert-OH is 1. The first-order valence-corrected chi connectivity index (χ1v) is 8.93. The van der Waals surface area contributed by atoms with E-state index in [1.807, 2.05) is 0 Å². The van der Waals surface area contributed by atoms with Crippen molar-refractivity contribution in [3.8, 4) is 0 Å². The first-order chi connectivity index (χ1) is 10.7. The third kappa shape index (κ3) is 4.09. The predicted molar refractivity (Wildman–Crippen MR) is 91.0 cm³/mol. The third-order valence-corrected chi connectivity index (χ3v) is 5.36. The number of piperidine rings is 2. The highest BCUT2D eigenvalue weighted by molar-refractivity contribution is 5.23. The summed E-state index contributed by atoms with van der Waals surface area (Å²) < 4.78 is 0. The van der Waals surface area contributed by atoms with Crippen LogP contribution in [-0.2, 0) is 0 Å². The summed E-state index contributed by atoms with van der Waals surface area (Å²) in [5, 5.41) is 10.4. The van der Waals surface area contributed by atoms with E-state index in [0.29, 0.717) is 0 Å². The molecule has 0 spiro atoms. The highest BCUT2D eigenvalue weighted by atomic mass is 16.3. The number of aliphatic hydroxyl groups is 1. The summed E-state index contributed by atoms with van der Waals surface area (Å²) in [5.74, 6) is 0. The van der Waals surface area contributed by atoms with Crippen molar-refractivity contribution in [2.75, 3.05) is 32.7 Å². The Kier molecular flexibility index (Phi) is 5.51. The van der Waals surface area contributed by atoms with Crippen LogP contribution in [0, 0.1) is 6.92 Å². The van der Waals surface area contributed by atoms with Crippen LogP contribution in [0.3, 0.4) is 0 Å². The monoisotopic (exact) mass is 302 g/mol. The zero-order valence-electron chi connectivity index (χ0n) is 13.9. The van der Waals surface area contributed by atoms with Crippen LogP contribution >= 0.6 is 0 Å². The Morgan fingerprint density at radius 3 is 2.27 bits per heavy atom. The van der Waals surface area contributed by atoms with Crippen molar-refractivity contribution in [2.45, 2.75) is 51.2 Å². The summed E-state index contributed by atoms with van der Waals surface area (Å²) in [6, 6.07) is 9.07. The third-order valence-electron chi connectivity index (χ3n) is 5.36. The molecule has 0 aromatic heterocycles. The van der Waals surface area contributed by atoms with Crippen molar-refractivity contribution in [3.05, 3.63) is 35.4 Å². The second kappa shape index (κ2) is 7.58. The number of β-amino-alcohol motifs (C(OH)–C–C–N with tert-alkyl or cyclic N) is 1. The Bertz CT molecular complexity index is 445. The van der Waals surface area contributed by atoms with E-state index in [1.165, 1.54) is 50.8 Å². The molecule has 2 aliphatic heterocycles. The Hall–Kier alpha value is -0.900. The second-order valence-corrected chi connectivity index (χ2v) is 7.05. The molecule has 3 heteroatoms. The van der Waals surface area contributed by atoms with Gasteiger partial charge in [0, 0.05) is 12.6 Å². The molecule has 2 saturated heterocycles. The molecule has 0 amide bonds. The van der Waals surface area contributed by atoms with Gasteiger partial charge in [0.2, 0.25) is 0 Å². The predicted octanol–water partition coefficient (Wildman–Crippen LogP) is 2.98. The topological polar surface area (TPSA) is 26.7 Å². The molecule has 1 atom stereocenters. The maximum absolute atomic E-state index is 10.4. The van der Waals surface area contributed by atoms with Crippen molar-refractivity contribution >= 4 is 0 Å². The van der Waals surface area contributed by atoms with Gasteiger partial charge >= 0.3 is 0 Å². The molecule has 2 fully saturated rings. The van der Waals surface area contributed by atoms with Gasteiger partial charge in [0.1, 0.15) is 0 Å². The molecular formula is C19H30N2O. The molecule has 0 saturated carbocycles. The average Bonchev–Trinajstić information content (AvgIpc) is 2.57. The molecule has 2 aliphatic rings. The fourth-order valence-electron chi connectivity index (χ4n) is 3.89. The highest BCUT2D eigenvalue weighted by Crippen LogP contribution is 2.23. The fraction of sp³-hybridized carbons (Fsp3) is 0.684. The van der Waals surface area contributed by atoms with Crippen LogP contribution in [0.4, 0.5) is 0 Å². The van der Waals surface area contributed by atoms with Crippen molar-refractivity contribution in [1.29, 1.82) is 0 Å². The average molecular weight is 302 g/mol. The summed E-state index contributed by atoms with van der Waals surface area (Å²) in [7, 11) is 0. The van der Waals surface area contributed by atoms with Gasteiger partial charge in [-0.3, -0.25) is 0 Å². The van der Waals surface area contributed by atoms with E-state index >= 15 is 0 Å². The van der Waals surface area contributed by atoms with Crippen molar-refractivity contribution < 1.29 is 5.11 Å². The molecule has 22 heavy (non-hydrogen) atoms. The minimum atomic E-state index is -0.355. The minimum Gasteiger partial charge on any atom is -0.387 e. The molecule has 0 radical (unpaired) electrons. The molecule has 122 valence electrons. The molecular weight excluding hydrogens is 272 g/mol. The van der Waals surface area contributed by atoms with Crippen LogP contribution in [0.15, 0.2) is 24.3 Å². The van der Waals surface area contributed by atoms with Crippen LogP contribution in [0.1, 0.15) is 49.3 Å². The summed E-state index contributed by atoms with van der Waals surface area (Å²) in [5.41, 5.74) is 2.29. The first-order valence-electron chi connectivity index (χ1n) is 8.93. The van der Waals surface area contributed by atoms with Crippen molar-refractivity contribution in [2.24, 2.45) is 0 Å². The van der Waals surface area contributed by atoms with Gasteiger partial charge in [0.25, 0.3) is 0 Å². The lowest BCUT2D eigenvalue weighted by Crippen LogP contribution is -2.47. The smallest absolute Gasteiger partial charge is 0.0916 e. The van der Waals surface area contributed by atoms with E-state index in [9.17, 15) is 5.11 Å². The number of nitrogens with zero attached hydrogens (tertiary/aromatic N) is 2. The second-order valence-electron chi connectivity index (χ2n) is 7.05. The molecule has 1 N–H and O–H groups in total. The maximum atomic E-state index is 10.4. The number of aryl methyl sites for hydroxylation is 1. The van der Waals surface area contributed by atoms with Gasteiger partial charge in [-0.05, 0) is 64.3 Å². The van der Waals surface area contributed by atoms with Crippen LogP contribution in [-0.4, -0.2) is 53.7 Å². The Labute approximate surface area is 134 Å². The lowest BCUT2D eigenvalue weighted by atomic mass is 9.99. The number of hydrogen-bond acceptors (Lipinski definition) is 3. The Morgan fingerprint density at radius 1 is 1.00 bits per heavy atom. The molecule has 0 bridgehead atoms. The molecule has 1 unspecified atom stereocenters. The number of hydrogen-bond donors (Lipinski definition) is 1. The fourth-order valence-corrected chi connectivity index (χ4v) is 3.89. The van der Waals surface area contributed by atoms with Gasteiger partial charge in [-0.1, -0.05) is 36.2 Å². The van der Waals surface area contributed by atoms with Crippen LogP contribution in [0.25, 0.3) is 0 Å². The molecule has 1 aromatic carbocycles. The lowest BCUT2D eigenvalue weighted by Gasteiger charge is -2.40. The largest absolute Gasteiger partial charge is 0.387 e. The molecule has 3 nitrogen and oxygen atoms in total. The van der Waals surface area contributed by atoms with E-state index in [2.05, 4.69) is 41.0 Å². The zero-order chi connectivity index (χ0) is 15.4. The van der Waals surface area contributed by atoms with Gasteiger partial charge < -0.3 is 14.9 Å². The number of rotatable bonds is 4. The Balaban J connectivity index is 1.46. The normalized spacial score (nSPS) is 23.5. The van der Waals surface area contributed by atoms with E-state index in [4.69, 9.17) is 0 Å². The molecule has 1 aromatic rings. The first kappa shape index (κ1) is 16.0. The van der Waals surface area contributed by atoms with Crippen molar-refractivity contribution in [1.82, 2.24) is 9.80 Å². The molecule has 3 rings (SSSR count). The van der Waals surface area contributed by atoms with Crippen LogP contribution in [0.2, 0.25) is 0 Å². The summed E-state index contributed by atoms with van der Waals surface area (Å²) in [6.07, 6.45) is 6.35. The molecule has 0 aliphatic carbocycles. The van der Waals surface area contributed by atoms with Gasteiger partial charge in [-0.25, -0.2) is 0 Å². The standard InChI is InChI=1S/C19H30N2O/c1-16-5-7-17(8-6-16)19(22)15-20-13-9-18(10-14-20)21-11-3-2-4-12-21/h5-8,18-19,22H,2-4,9-15H2,1H3. The van der Waals surface area contributed by atoms with E-state index in [1.54, 1.807) is 0 Å². The quantitative estimate of drug-likeness (QED) is 0.926. The molecule has 2 heterocycles. The minimum absolute atomic E-state index is 0.355. The van der Waals surface area contributed by atoms with Gasteiger partial charge in [-0.2, -0.15) is 0 Å². The highest BCUT2D eigenvalue weighted by Gasteiger charge is 2.26. The SMILES string of the molecule is Cc1ccc(C(O)CN2CCC(N3CCCCC3)CC2)cc1. The van der Waals surface area contributed by atoms with Gasteiger partial charge in [-0.15, -0.1) is 0 Å². The van der Waals surface area contributed by atoms with E-state index in [0.717, 1.165) is 31.2 Å². The zero-order valence-corrected chi connectivity index (χ0v) is 13.9. The number of likely N-dealkylation sites (tertiary alicyclic amines) is 2. The Morgan fingerprint density at radius 2 is 1.64 bits per heavy atom. The summed E-state index contributed by atoms with van der Waals surface area (Å²) >= 11 is 0. The lowest BCUT2D eigenvalue weighted by molar-refractivity contribution is 0.0601.